The second kappa shape index (κ2) is 6.43. The molecule has 0 unspecified atom stereocenters. The first-order chi connectivity index (χ1) is 8.31. The first-order valence-corrected chi connectivity index (χ1v) is 7.16. The maximum Gasteiger partial charge on any atom is 0.412 e. The largest absolute Gasteiger partial charge is 0.444 e. The summed E-state index contributed by atoms with van der Waals surface area (Å²) >= 11 is 9.31. The number of benzene rings is 1. The highest BCUT2D eigenvalue weighted by Crippen LogP contribution is 2.22. The fourth-order valence-electron chi connectivity index (χ4n) is 1.41. The van der Waals surface area contributed by atoms with Crippen LogP contribution >= 0.6 is 27.5 Å². The van der Waals surface area contributed by atoms with E-state index in [4.69, 9.17) is 16.3 Å². The van der Waals surface area contributed by atoms with E-state index < -0.39 is 11.7 Å². The van der Waals surface area contributed by atoms with Crippen LogP contribution in [0, 0.1) is 0 Å². The van der Waals surface area contributed by atoms with E-state index in [0.29, 0.717) is 5.02 Å². The number of anilines is 1. The lowest BCUT2D eigenvalue weighted by Crippen LogP contribution is -2.27. The number of hydrogen-bond acceptors (Lipinski definition) is 2. The van der Waals surface area contributed by atoms with E-state index in [-0.39, 0.29) is 0 Å². The highest BCUT2D eigenvalue weighted by molar-refractivity contribution is 9.09. The average Bonchev–Trinajstić information content (AvgIpc) is 2.20. The summed E-state index contributed by atoms with van der Waals surface area (Å²) in [6, 6.07) is 5.37. The summed E-state index contributed by atoms with van der Waals surface area (Å²) in [4.78, 5) is 11.7. The van der Waals surface area contributed by atoms with Crippen LogP contribution in [0.1, 0.15) is 26.3 Å². The monoisotopic (exact) mass is 333 g/mol. The number of alkyl halides is 1. The molecule has 18 heavy (non-hydrogen) atoms. The Balaban J connectivity index is 2.80. The summed E-state index contributed by atoms with van der Waals surface area (Å²) in [7, 11) is 0. The van der Waals surface area contributed by atoms with Crippen molar-refractivity contribution < 1.29 is 9.53 Å². The lowest BCUT2D eigenvalue weighted by molar-refractivity contribution is 0.0636. The third kappa shape index (κ3) is 5.27. The van der Waals surface area contributed by atoms with E-state index in [2.05, 4.69) is 21.2 Å². The molecule has 0 bridgehead atoms. The predicted octanol–water partition coefficient (Wildman–Crippen LogP) is 4.62. The molecule has 3 nitrogen and oxygen atoms in total. The molecule has 0 spiro atoms. The zero-order valence-corrected chi connectivity index (χ0v) is 13.1. The standard InChI is InChI=1S/C13H17BrClNO2/c1-13(2,3)18-12(17)16-11-5-4-10(15)8-9(11)6-7-14/h4-5,8H,6-7H2,1-3H3,(H,16,17). The molecule has 0 fully saturated rings. The highest BCUT2D eigenvalue weighted by Gasteiger charge is 2.17. The Hall–Kier alpha value is -0.740. The zero-order valence-electron chi connectivity index (χ0n) is 10.7. The Kier molecular flexibility index (Phi) is 5.47. The molecule has 1 aromatic carbocycles. The first-order valence-electron chi connectivity index (χ1n) is 5.66. The van der Waals surface area contributed by atoms with Gasteiger partial charge in [-0.3, -0.25) is 5.32 Å². The van der Waals surface area contributed by atoms with E-state index in [9.17, 15) is 4.79 Å². The molecule has 0 aliphatic carbocycles. The maximum absolute atomic E-state index is 11.7. The number of ether oxygens (including phenoxy) is 1. The van der Waals surface area contributed by atoms with Crippen molar-refractivity contribution in [2.75, 3.05) is 10.6 Å². The Morgan fingerprint density at radius 2 is 2.11 bits per heavy atom. The van der Waals surface area contributed by atoms with Crippen LogP contribution in [0.4, 0.5) is 10.5 Å². The maximum atomic E-state index is 11.7. The normalized spacial score (nSPS) is 11.2. The number of halogens is 2. The topological polar surface area (TPSA) is 38.3 Å². The molecule has 0 saturated heterocycles. The molecule has 0 aliphatic heterocycles. The summed E-state index contributed by atoms with van der Waals surface area (Å²) in [5, 5.41) is 4.19. The van der Waals surface area contributed by atoms with Crippen molar-refractivity contribution in [1.82, 2.24) is 0 Å². The van der Waals surface area contributed by atoms with E-state index in [1.54, 1.807) is 12.1 Å². The van der Waals surface area contributed by atoms with E-state index in [1.807, 2.05) is 26.8 Å². The van der Waals surface area contributed by atoms with E-state index in [1.165, 1.54) is 0 Å². The van der Waals surface area contributed by atoms with Crippen LogP contribution in [-0.2, 0) is 11.2 Å². The van der Waals surface area contributed by atoms with Crippen LogP contribution in [0.2, 0.25) is 5.02 Å². The third-order valence-corrected chi connectivity index (χ3v) is 2.70. The average molecular weight is 335 g/mol. The number of aryl methyl sites for hydroxylation is 1. The molecule has 0 radical (unpaired) electrons. The second-order valence-electron chi connectivity index (χ2n) is 4.87. The van der Waals surface area contributed by atoms with Gasteiger partial charge in [0.05, 0.1) is 0 Å². The minimum absolute atomic E-state index is 0.458. The summed E-state index contributed by atoms with van der Waals surface area (Å²) in [6.07, 6.45) is 0.326. The van der Waals surface area contributed by atoms with Gasteiger partial charge in [-0.1, -0.05) is 27.5 Å². The first kappa shape index (κ1) is 15.3. The van der Waals surface area contributed by atoms with Crippen LogP contribution in [0.15, 0.2) is 18.2 Å². The number of rotatable bonds is 3. The molecule has 0 heterocycles. The summed E-state index contributed by atoms with van der Waals surface area (Å²) in [6.45, 7) is 5.48. The molecule has 1 rings (SSSR count). The molecule has 1 aromatic rings. The fraction of sp³-hybridized carbons (Fsp3) is 0.462. The smallest absolute Gasteiger partial charge is 0.412 e. The SMILES string of the molecule is CC(C)(C)OC(=O)Nc1ccc(Cl)cc1CCBr. The van der Waals surface area contributed by atoms with E-state index in [0.717, 1.165) is 23.0 Å². The molecule has 1 N–H and O–H groups in total. The minimum Gasteiger partial charge on any atom is -0.444 e. The van der Waals surface area contributed by atoms with Crippen molar-refractivity contribution in [2.24, 2.45) is 0 Å². The van der Waals surface area contributed by atoms with Crippen LogP contribution in [0.3, 0.4) is 0 Å². The van der Waals surface area contributed by atoms with Crippen molar-refractivity contribution in [3.63, 3.8) is 0 Å². The lowest BCUT2D eigenvalue weighted by Gasteiger charge is -2.20. The van der Waals surface area contributed by atoms with Gasteiger partial charge in [0.15, 0.2) is 0 Å². The van der Waals surface area contributed by atoms with Gasteiger partial charge in [0.2, 0.25) is 0 Å². The van der Waals surface area contributed by atoms with Crippen molar-refractivity contribution in [3.05, 3.63) is 28.8 Å². The molecular formula is C13H17BrClNO2. The Morgan fingerprint density at radius 1 is 1.44 bits per heavy atom. The van der Waals surface area contributed by atoms with Gasteiger partial charge < -0.3 is 4.74 Å². The third-order valence-electron chi connectivity index (χ3n) is 2.07. The summed E-state index contributed by atoms with van der Waals surface area (Å²) in [5.74, 6) is 0. The van der Waals surface area contributed by atoms with Gasteiger partial charge in [-0.15, -0.1) is 0 Å². The van der Waals surface area contributed by atoms with Gasteiger partial charge in [0, 0.05) is 16.0 Å². The molecule has 0 aromatic heterocycles. The van der Waals surface area contributed by atoms with E-state index >= 15 is 0 Å². The van der Waals surface area contributed by atoms with Crippen LogP contribution in [0.25, 0.3) is 0 Å². The molecule has 0 aliphatic rings. The zero-order chi connectivity index (χ0) is 13.8. The second-order valence-corrected chi connectivity index (χ2v) is 6.10. The van der Waals surface area contributed by atoms with Gasteiger partial charge in [0.25, 0.3) is 0 Å². The molecular weight excluding hydrogens is 318 g/mol. The van der Waals surface area contributed by atoms with Crippen molar-refractivity contribution >= 4 is 39.3 Å². The van der Waals surface area contributed by atoms with Crippen LogP contribution < -0.4 is 5.32 Å². The molecule has 0 atom stereocenters. The molecule has 5 heteroatoms. The summed E-state index contributed by atoms with van der Waals surface area (Å²) < 4.78 is 5.21. The van der Waals surface area contributed by atoms with Crippen LogP contribution in [-0.4, -0.2) is 17.0 Å². The highest BCUT2D eigenvalue weighted by atomic mass is 79.9. The number of nitrogens with one attached hydrogen (secondary N) is 1. The van der Waals surface area contributed by atoms with Gasteiger partial charge in [-0.25, -0.2) is 4.79 Å². The van der Waals surface area contributed by atoms with Gasteiger partial charge in [-0.2, -0.15) is 0 Å². The van der Waals surface area contributed by atoms with Gasteiger partial charge in [-0.05, 0) is 51.0 Å². The Morgan fingerprint density at radius 3 is 2.67 bits per heavy atom. The van der Waals surface area contributed by atoms with Crippen molar-refractivity contribution in [3.8, 4) is 0 Å². The number of amides is 1. The molecule has 100 valence electrons. The quantitative estimate of drug-likeness (QED) is 0.819. The molecule has 0 saturated carbocycles. The number of carbonyl (C=O) groups excluding carboxylic acids is 1. The number of carbonyl (C=O) groups is 1. The van der Waals surface area contributed by atoms with Crippen LogP contribution in [0.5, 0.6) is 0 Å². The lowest BCUT2D eigenvalue weighted by atomic mass is 10.1. The predicted molar refractivity (Wildman–Crippen MR) is 78.8 cm³/mol. The summed E-state index contributed by atoms with van der Waals surface area (Å²) in [5.41, 5.74) is 1.20. The molecule has 1 amide bonds. The van der Waals surface area contributed by atoms with Crippen molar-refractivity contribution in [2.45, 2.75) is 32.8 Å². The van der Waals surface area contributed by atoms with Gasteiger partial charge in [0.1, 0.15) is 5.60 Å². The Bertz CT molecular complexity index is 429. The Labute approximate surface area is 121 Å². The fourth-order valence-corrected chi connectivity index (χ4v) is 2.03. The van der Waals surface area contributed by atoms with Crippen molar-refractivity contribution in [1.29, 1.82) is 0 Å². The van der Waals surface area contributed by atoms with Gasteiger partial charge >= 0.3 is 6.09 Å². The number of hydrogen-bond donors (Lipinski definition) is 1. The minimum atomic E-state index is -0.508.